The van der Waals surface area contributed by atoms with Crippen molar-refractivity contribution in [3.8, 4) is 5.75 Å². The molecular formula is C14H15FN2O4. The fourth-order valence-electron chi connectivity index (χ4n) is 1.96. The van der Waals surface area contributed by atoms with Gasteiger partial charge in [0.05, 0.1) is 0 Å². The number of benzene rings is 1. The fourth-order valence-corrected chi connectivity index (χ4v) is 1.96. The summed E-state index contributed by atoms with van der Waals surface area (Å²) in [5.74, 6) is -2.32. The van der Waals surface area contributed by atoms with E-state index in [4.69, 9.17) is 4.74 Å². The number of carbonyl (C=O) groups is 3. The number of hydrogen-bond acceptors (Lipinski definition) is 4. The van der Waals surface area contributed by atoms with Gasteiger partial charge in [0.25, 0.3) is 11.8 Å². The van der Waals surface area contributed by atoms with Crippen LogP contribution in [0.4, 0.5) is 4.39 Å². The van der Waals surface area contributed by atoms with E-state index in [0.717, 1.165) is 4.90 Å². The molecule has 6 nitrogen and oxygen atoms in total. The molecule has 0 unspecified atom stereocenters. The van der Waals surface area contributed by atoms with Crippen LogP contribution in [-0.2, 0) is 14.4 Å². The summed E-state index contributed by atoms with van der Waals surface area (Å²) in [5.41, 5.74) is -1.16. The minimum atomic E-state index is -1.16. The molecular weight excluding hydrogens is 279 g/mol. The van der Waals surface area contributed by atoms with Gasteiger partial charge in [-0.1, -0.05) is 12.1 Å². The molecule has 0 bridgehead atoms. The van der Waals surface area contributed by atoms with Crippen LogP contribution >= 0.6 is 0 Å². The number of ether oxygens (including phenoxy) is 1. The number of nitrogens with one attached hydrogen (secondary N) is 1. The summed E-state index contributed by atoms with van der Waals surface area (Å²) >= 11 is 0. The Kier molecular flexibility index (Phi) is 3.93. The van der Waals surface area contributed by atoms with Crippen molar-refractivity contribution in [3.63, 3.8) is 0 Å². The molecule has 0 saturated carbocycles. The first-order valence-corrected chi connectivity index (χ1v) is 6.34. The molecule has 21 heavy (non-hydrogen) atoms. The van der Waals surface area contributed by atoms with Crippen LogP contribution in [0.1, 0.15) is 13.8 Å². The Hall–Kier alpha value is -2.44. The zero-order chi connectivity index (χ0) is 15.6. The van der Waals surface area contributed by atoms with Gasteiger partial charge in [-0.3, -0.25) is 19.7 Å². The van der Waals surface area contributed by atoms with Crippen molar-refractivity contribution < 1.29 is 23.5 Å². The second kappa shape index (κ2) is 5.51. The zero-order valence-corrected chi connectivity index (χ0v) is 11.7. The van der Waals surface area contributed by atoms with Gasteiger partial charge in [0.2, 0.25) is 5.91 Å². The Morgan fingerprint density at radius 1 is 1.38 bits per heavy atom. The van der Waals surface area contributed by atoms with E-state index in [1.165, 1.54) is 32.0 Å². The largest absolute Gasteiger partial charge is 0.481 e. The predicted molar refractivity (Wildman–Crippen MR) is 70.8 cm³/mol. The Labute approximate surface area is 120 Å². The Morgan fingerprint density at radius 3 is 2.71 bits per heavy atom. The normalized spacial score (nSPS) is 17.4. The Balaban J connectivity index is 2.07. The number of carbonyl (C=O) groups excluding carboxylic acids is 3. The second-order valence-electron chi connectivity index (χ2n) is 5.14. The molecule has 0 aromatic heterocycles. The third-order valence-corrected chi connectivity index (χ3v) is 3.27. The molecule has 1 aliphatic heterocycles. The van der Waals surface area contributed by atoms with Crippen LogP contribution in [0.5, 0.6) is 5.75 Å². The number of hydrogen-bond donors (Lipinski definition) is 1. The summed E-state index contributed by atoms with van der Waals surface area (Å²) in [6.07, 6.45) is 0. The third-order valence-electron chi connectivity index (χ3n) is 3.27. The molecule has 0 atom stereocenters. The highest BCUT2D eigenvalue weighted by molar-refractivity contribution is 6.06. The maximum Gasteiger partial charge on any atom is 0.261 e. The second-order valence-corrected chi connectivity index (χ2v) is 5.14. The summed E-state index contributed by atoms with van der Waals surface area (Å²) in [4.78, 5) is 36.4. The number of piperazine rings is 1. The molecule has 1 saturated heterocycles. The van der Waals surface area contributed by atoms with E-state index in [1.54, 1.807) is 6.07 Å². The number of nitrogens with zero attached hydrogens (tertiary/aromatic N) is 1. The summed E-state index contributed by atoms with van der Waals surface area (Å²) in [6, 6.07) is 5.68. The van der Waals surface area contributed by atoms with E-state index in [2.05, 4.69) is 5.32 Å². The van der Waals surface area contributed by atoms with Crippen LogP contribution in [0.2, 0.25) is 0 Å². The average molecular weight is 294 g/mol. The maximum absolute atomic E-state index is 13.4. The van der Waals surface area contributed by atoms with Gasteiger partial charge in [0.1, 0.15) is 12.1 Å². The van der Waals surface area contributed by atoms with Crippen molar-refractivity contribution in [2.45, 2.75) is 19.4 Å². The smallest absolute Gasteiger partial charge is 0.261 e. The molecule has 1 heterocycles. The van der Waals surface area contributed by atoms with Gasteiger partial charge < -0.3 is 9.64 Å². The molecule has 0 radical (unpaired) electrons. The zero-order valence-electron chi connectivity index (χ0n) is 11.7. The van der Waals surface area contributed by atoms with Crippen molar-refractivity contribution in [3.05, 3.63) is 30.1 Å². The van der Waals surface area contributed by atoms with E-state index >= 15 is 0 Å². The number of amides is 3. The minimum absolute atomic E-state index is 0.0588. The number of para-hydroxylation sites is 1. The predicted octanol–water partition coefficient (Wildman–Crippen LogP) is 0.468. The van der Waals surface area contributed by atoms with Crippen molar-refractivity contribution in [2.24, 2.45) is 0 Å². The number of imide groups is 1. The van der Waals surface area contributed by atoms with Gasteiger partial charge in [-0.25, -0.2) is 4.39 Å². The van der Waals surface area contributed by atoms with Crippen LogP contribution in [0.3, 0.4) is 0 Å². The lowest BCUT2D eigenvalue weighted by molar-refractivity contribution is -0.156. The Morgan fingerprint density at radius 2 is 2.05 bits per heavy atom. The van der Waals surface area contributed by atoms with Gasteiger partial charge in [0.15, 0.2) is 18.2 Å². The average Bonchev–Trinajstić information content (AvgIpc) is 2.42. The van der Waals surface area contributed by atoms with E-state index in [0.29, 0.717) is 0 Å². The number of halogens is 1. The molecule has 0 aliphatic carbocycles. The van der Waals surface area contributed by atoms with E-state index < -0.39 is 35.7 Å². The number of rotatable bonds is 3. The maximum atomic E-state index is 13.4. The fraction of sp³-hybridized carbons (Fsp3) is 0.357. The van der Waals surface area contributed by atoms with Crippen LogP contribution in [0, 0.1) is 5.82 Å². The quantitative estimate of drug-likeness (QED) is 0.822. The summed E-state index contributed by atoms with van der Waals surface area (Å²) < 4.78 is 18.5. The summed E-state index contributed by atoms with van der Waals surface area (Å²) in [5, 5.41) is 2.16. The van der Waals surface area contributed by atoms with Gasteiger partial charge >= 0.3 is 0 Å². The topological polar surface area (TPSA) is 75.7 Å². The first-order valence-electron chi connectivity index (χ1n) is 6.34. The first kappa shape index (κ1) is 15.0. The van der Waals surface area contributed by atoms with Crippen LogP contribution in [0.25, 0.3) is 0 Å². The lowest BCUT2D eigenvalue weighted by Crippen LogP contribution is -2.66. The molecule has 1 aromatic rings. The third kappa shape index (κ3) is 3.01. The van der Waals surface area contributed by atoms with Gasteiger partial charge in [-0.15, -0.1) is 0 Å². The van der Waals surface area contributed by atoms with Crippen LogP contribution in [0.15, 0.2) is 24.3 Å². The lowest BCUT2D eigenvalue weighted by atomic mass is 9.98. The molecule has 0 spiro atoms. The molecule has 112 valence electrons. The lowest BCUT2D eigenvalue weighted by Gasteiger charge is -2.39. The molecule has 1 aliphatic rings. The minimum Gasteiger partial charge on any atom is -0.481 e. The monoisotopic (exact) mass is 294 g/mol. The van der Waals surface area contributed by atoms with Crippen molar-refractivity contribution in [2.75, 3.05) is 13.2 Å². The summed E-state index contributed by atoms with van der Waals surface area (Å²) in [7, 11) is 0. The first-order chi connectivity index (χ1) is 9.82. The molecule has 1 fully saturated rings. The van der Waals surface area contributed by atoms with E-state index in [9.17, 15) is 18.8 Å². The van der Waals surface area contributed by atoms with Crippen molar-refractivity contribution in [1.29, 1.82) is 0 Å². The van der Waals surface area contributed by atoms with Gasteiger partial charge in [0, 0.05) is 0 Å². The molecule has 1 aromatic carbocycles. The SMILES string of the molecule is CC1(C)C(=O)NC(=O)CN1C(=O)COc1ccccc1F. The van der Waals surface area contributed by atoms with Gasteiger partial charge in [-0.05, 0) is 26.0 Å². The highest BCUT2D eigenvalue weighted by atomic mass is 19.1. The highest BCUT2D eigenvalue weighted by Crippen LogP contribution is 2.20. The standard InChI is InChI=1S/C14H15FN2O4/c1-14(2)13(20)16-11(18)7-17(14)12(19)8-21-10-6-4-3-5-9(10)15/h3-6H,7-8H2,1-2H3,(H,16,18,20). The molecule has 2 rings (SSSR count). The molecule has 1 N–H and O–H groups in total. The van der Waals surface area contributed by atoms with Crippen LogP contribution in [-0.4, -0.2) is 41.3 Å². The Bertz CT molecular complexity index is 600. The molecule has 3 amide bonds. The summed E-state index contributed by atoms with van der Waals surface area (Å²) in [6.45, 7) is 2.36. The van der Waals surface area contributed by atoms with Crippen molar-refractivity contribution >= 4 is 17.7 Å². The van der Waals surface area contributed by atoms with E-state index in [1.807, 2.05) is 0 Å². The van der Waals surface area contributed by atoms with E-state index in [-0.39, 0.29) is 12.3 Å². The van der Waals surface area contributed by atoms with Crippen LogP contribution < -0.4 is 10.1 Å². The molecule has 7 heteroatoms. The highest BCUT2D eigenvalue weighted by Gasteiger charge is 2.43. The van der Waals surface area contributed by atoms with Crippen molar-refractivity contribution in [1.82, 2.24) is 10.2 Å². The van der Waals surface area contributed by atoms with Gasteiger partial charge in [-0.2, -0.15) is 0 Å².